The number of hydrogen-bond acceptors (Lipinski definition) is 7. The number of carbonyl (C=O) groups excluding carboxylic acids is 1. The number of guanidine groups is 1. The highest BCUT2D eigenvalue weighted by atomic mass is 127. The average Bonchev–Trinajstić information content (AvgIpc) is 3.26. The van der Waals surface area contributed by atoms with Gasteiger partial charge < -0.3 is 19.9 Å². The number of morpholine rings is 1. The number of halogens is 1. The molecule has 2 aliphatic heterocycles. The number of piperazine rings is 1. The van der Waals surface area contributed by atoms with E-state index >= 15 is 0 Å². The summed E-state index contributed by atoms with van der Waals surface area (Å²) in [5.74, 6) is 2.23. The van der Waals surface area contributed by atoms with Gasteiger partial charge in [0.05, 0.1) is 19.8 Å². The Morgan fingerprint density at radius 2 is 2.00 bits per heavy atom. The highest BCUT2D eigenvalue weighted by Crippen LogP contribution is 2.20. The monoisotopic (exact) mass is 554 g/mol. The molecule has 0 aromatic carbocycles. The number of thioether (sulfide) groups is 1. The Morgan fingerprint density at radius 1 is 1.24 bits per heavy atom. The molecule has 0 radical (unpaired) electrons. The third-order valence-electron chi connectivity index (χ3n) is 4.85. The standard InChI is InChI=1S/C18H30N6O2S2.HI/c1-19-17(20-3-2-13-27-18-21-4-14-28-18)24-7-5-22(6-8-24)15-16(25)23-9-11-26-12-10-23;/h4,14H,2-3,5-13,15H2,1H3,(H,19,20);1H. The number of rotatable bonds is 7. The summed E-state index contributed by atoms with van der Waals surface area (Å²) in [5, 5.41) is 5.48. The van der Waals surface area contributed by atoms with Gasteiger partial charge in [-0.15, -0.1) is 35.3 Å². The van der Waals surface area contributed by atoms with E-state index in [0.717, 1.165) is 68.3 Å². The van der Waals surface area contributed by atoms with Gasteiger partial charge in [-0.05, 0) is 6.42 Å². The number of aromatic nitrogens is 1. The second kappa shape index (κ2) is 13.6. The molecule has 2 saturated heterocycles. The predicted molar refractivity (Wildman–Crippen MR) is 130 cm³/mol. The Bertz CT molecular complexity index is 620. The Kier molecular flexibility index (Phi) is 11.6. The number of nitrogens with one attached hydrogen (secondary N) is 1. The zero-order valence-electron chi connectivity index (χ0n) is 16.9. The Balaban J connectivity index is 0.00000300. The summed E-state index contributed by atoms with van der Waals surface area (Å²) in [4.78, 5) is 27.6. The fraction of sp³-hybridized carbons (Fsp3) is 0.722. The van der Waals surface area contributed by atoms with Crippen molar-refractivity contribution >= 4 is 58.9 Å². The van der Waals surface area contributed by atoms with Gasteiger partial charge in [-0.2, -0.15) is 0 Å². The minimum Gasteiger partial charge on any atom is -0.378 e. The second-order valence-electron chi connectivity index (χ2n) is 6.73. The molecule has 164 valence electrons. The molecule has 0 unspecified atom stereocenters. The molecule has 1 N–H and O–H groups in total. The van der Waals surface area contributed by atoms with Crippen LogP contribution in [0.5, 0.6) is 0 Å². The van der Waals surface area contributed by atoms with E-state index in [0.29, 0.717) is 19.8 Å². The van der Waals surface area contributed by atoms with E-state index in [1.54, 1.807) is 23.1 Å². The van der Waals surface area contributed by atoms with Gasteiger partial charge in [-0.25, -0.2) is 4.98 Å². The SMILES string of the molecule is CN=C(NCCCSc1nccs1)N1CCN(CC(=O)N2CCOCC2)CC1.I. The van der Waals surface area contributed by atoms with Crippen molar-refractivity contribution in [2.45, 2.75) is 10.8 Å². The highest BCUT2D eigenvalue weighted by molar-refractivity contribution is 14.0. The number of nitrogens with zero attached hydrogens (tertiary/aromatic N) is 5. The van der Waals surface area contributed by atoms with E-state index in [1.165, 1.54) is 0 Å². The van der Waals surface area contributed by atoms with Crippen LogP contribution in [-0.2, 0) is 9.53 Å². The van der Waals surface area contributed by atoms with Crippen molar-refractivity contribution in [2.75, 3.05) is 78.4 Å². The number of amides is 1. The predicted octanol–water partition coefficient (Wildman–Crippen LogP) is 1.30. The van der Waals surface area contributed by atoms with Gasteiger partial charge in [0.25, 0.3) is 0 Å². The Morgan fingerprint density at radius 3 is 2.66 bits per heavy atom. The maximum absolute atomic E-state index is 12.4. The summed E-state index contributed by atoms with van der Waals surface area (Å²) in [6.45, 7) is 7.72. The van der Waals surface area contributed by atoms with E-state index in [2.05, 4.69) is 25.1 Å². The molecular formula is C18H31IN6O2S2. The molecule has 11 heteroatoms. The number of carbonyl (C=O) groups is 1. The van der Waals surface area contributed by atoms with Crippen LogP contribution < -0.4 is 5.32 Å². The van der Waals surface area contributed by atoms with Crippen molar-refractivity contribution in [3.63, 3.8) is 0 Å². The van der Waals surface area contributed by atoms with Crippen LogP contribution in [-0.4, -0.2) is 110 Å². The topological polar surface area (TPSA) is 73.3 Å². The first kappa shape index (κ1) is 24.6. The summed E-state index contributed by atoms with van der Waals surface area (Å²) in [7, 11) is 1.83. The van der Waals surface area contributed by atoms with Crippen molar-refractivity contribution in [1.29, 1.82) is 0 Å². The zero-order chi connectivity index (χ0) is 19.6. The van der Waals surface area contributed by atoms with Crippen molar-refractivity contribution in [3.05, 3.63) is 11.6 Å². The summed E-state index contributed by atoms with van der Waals surface area (Å²) in [5.41, 5.74) is 0. The van der Waals surface area contributed by atoms with E-state index in [4.69, 9.17) is 4.74 Å². The third-order valence-corrected chi connectivity index (χ3v) is 6.90. The minimum atomic E-state index is 0. The molecule has 29 heavy (non-hydrogen) atoms. The minimum absolute atomic E-state index is 0. The van der Waals surface area contributed by atoms with Crippen LogP contribution in [0.3, 0.4) is 0 Å². The molecule has 1 aromatic heterocycles. The Hall–Kier alpha value is -0.630. The van der Waals surface area contributed by atoms with Crippen LogP contribution in [0, 0.1) is 0 Å². The molecule has 2 aliphatic rings. The summed E-state index contributed by atoms with van der Waals surface area (Å²) >= 11 is 3.49. The lowest BCUT2D eigenvalue weighted by molar-refractivity contribution is -0.136. The molecule has 3 rings (SSSR count). The van der Waals surface area contributed by atoms with E-state index in [-0.39, 0.29) is 29.9 Å². The lowest BCUT2D eigenvalue weighted by atomic mass is 10.3. The first-order valence-corrected chi connectivity index (χ1v) is 11.7. The fourth-order valence-corrected chi connectivity index (χ4v) is 4.91. The van der Waals surface area contributed by atoms with Gasteiger partial charge in [0.2, 0.25) is 5.91 Å². The molecule has 0 aliphatic carbocycles. The maximum atomic E-state index is 12.4. The second-order valence-corrected chi connectivity index (χ2v) is 8.97. The van der Waals surface area contributed by atoms with E-state index in [9.17, 15) is 4.79 Å². The maximum Gasteiger partial charge on any atom is 0.236 e. The smallest absolute Gasteiger partial charge is 0.236 e. The van der Waals surface area contributed by atoms with E-state index in [1.807, 2.05) is 23.5 Å². The lowest BCUT2D eigenvalue weighted by Gasteiger charge is -2.37. The highest BCUT2D eigenvalue weighted by Gasteiger charge is 2.24. The lowest BCUT2D eigenvalue weighted by Crippen LogP contribution is -2.55. The van der Waals surface area contributed by atoms with Crippen LogP contribution in [0.15, 0.2) is 20.9 Å². The molecule has 1 amide bonds. The quantitative estimate of drug-likeness (QED) is 0.179. The number of ether oxygens (including phenoxy) is 1. The van der Waals surface area contributed by atoms with Gasteiger partial charge >= 0.3 is 0 Å². The van der Waals surface area contributed by atoms with Crippen molar-refractivity contribution in [2.24, 2.45) is 4.99 Å². The molecule has 0 saturated carbocycles. The number of thiazole rings is 1. The molecule has 3 heterocycles. The van der Waals surface area contributed by atoms with Gasteiger partial charge in [-0.3, -0.25) is 14.7 Å². The van der Waals surface area contributed by atoms with Crippen LogP contribution in [0.2, 0.25) is 0 Å². The van der Waals surface area contributed by atoms with Crippen molar-refractivity contribution in [1.82, 2.24) is 25.0 Å². The normalized spacial score (nSPS) is 18.4. The van der Waals surface area contributed by atoms with Crippen LogP contribution >= 0.6 is 47.1 Å². The van der Waals surface area contributed by atoms with Gasteiger partial charge in [-0.1, -0.05) is 11.8 Å². The third kappa shape index (κ3) is 8.19. The number of hydrogen-bond donors (Lipinski definition) is 1. The van der Waals surface area contributed by atoms with E-state index < -0.39 is 0 Å². The first-order valence-electron chi connectivity index (χ1n) is 9.82. The summed E-state index contributed by atoms with van der Waals surface area (Å²) in [6.07, 6.45) is 2.92. The van der Waals surface area contributed by atoms with Gasteiger partial charge in [0.1, 0.15) is 4.34 Å². The fourth-order valence-electron chi connectivity index (χ4n) is 3.27. The molecular weight excluding hydrogens is 523 g/mol. The Labute approximate surface area is 198 Å². The average molecular weight is 555 g/mol. The van der Waals surface area contributed by atoms with Crippen LogP contribution in [0.25, 0.3) is 0 Å². The van der Waals surface area contributed by atoms with Gasteiger partial charge in [0.15, 0.2) is 5.96 Å². The van der Waals surface area contributed by atoms with Crippen molar-refractivity contribution in [3.8, 4) is 0 Å². The summed E-state index contributed by atoms with van der Waals surface area (Å²) < 4.78 is 6.45. The zero-order valence-corrected chi connectivity index (χ0v) is 20.9. The molecule has 8 nitrogen and oxygen atoms in total. The molecule has 0 bridgehead atoms. The molecule has 0 spiro atoms. The van der Waals surface area contributed by atoms with Gasteiger partial charge in [0, 0.05) is 70.2 Å². The van der Waals surface area contributed by atoms with Crippen LogP contribution in [0.4, 0.5) is 0 Å². The largest absolute Gasteiger partial charge is 0.378 e. The molecule has 2 fully saturated rings. The first-order chi connectivity index (χ1) is 13.8. The molecule has 0 atom stereocenters. The van der Waals surface area contributed by atoms with Crippen LogP contribution in [0.1, 0.15) is 6.42 Å². The number of aliphatic imine (C=N–C) groups is 1. The van der Waals surface area contributed by atoms with Crippen molar-refractivity contribution < 1.29 is 9.53 Å². The molecule has 1 aromatic rings. The summed E-state index contributed by atoms with van der Waals surface area (Å²) in [6, 6.07) is 0.